The van der Waals surface area contributed by atoms with Gasteiger partial charge in [0.1, 0.15) is 6.54 Å². The second-order valence-corrected chi connectivity index (χ2v) is 6.62. The largest absolute Gasteiger partial charge is 0.480 e. The van der Waals surface area contributed by atoms with Crippen LogP contribution in [0.1, 0.15) is 6.42 Å². The van der Waals surface area contributed by atoms with Crippen LogP contribution in [0.25, 0.3) is 10.9 Å². The maximum absolute atomic E-state index is 12.7. The zero-order valence-corrected chi connectivity index (χ0v) is 14.9. The number of fused-ring (bicyclic) bond motifs is 1. The maximum atomic E-state index is 12.7. The molecule has 0 radical (unpaired) electrons. The van der Waals surface area contributed by atoms with Crippen LogP contribution in [0.3, 0.4) is 0 Å². The van der Waals surface area contributed by atoms with Crippen LogP contribution < -0.4 is 11.2 Å². The maximum Gasteiger partial charge on any atom is 0.332 e. The molecule has 0 bridgehead atoms. The Hall–Kier alpha value is -2.16. The highest BCUT2D eigenvalue weighted by atomic mass is 35.5. The first-order chi connectivity index (χ1) is 12.5. The van der Waals surface area contributed by atoms with Crippen molar-refractivity contribution in [2.45, 2.75) is 19.5 Å². The van der Waals surface area contributed by atoms with Gasteiger partial charge in [0.05, 0.1) is 24.1 Å². The number of aliphatic carboxylic acids is 1. The average molecular weight is 382 g/mol. The van der Waals surface area contributed by atoms with E-state index in [0.29, 0.717) is 24.7 Å². The van der Waals surface area contributed by atoms with Crippen LogP contribution in [0.15, 0.2) is 27.8 Å². The summed E-state index contributed by atoms with van der Waals surface area (Å²) in [5.74, 6) is -1.15. The molecule has 1 aliphatic heterocycles. The molecule has 8 nitrogen and oxygen atoms in total. The summed E-state index contributed by atoms with van der Waals surface area (Å²) in [7, 11) is 0. The molecular formula is C17H20ClN3O5. The van der Waals surface area contributed by atoms with Gasteiger partial charge in [-0.1, -0.05) is 11.6 Å². The number of benzene rings is 1. The van der Waals surface area contributed by atoms with Crippen LogP contribution in [0.2, 0.25) is 5.02 Å². The van der Waals surface area contributed by atoms with Crippen molar-refractivity contribution in [3.05, 3.63) is 44.1 Å². The van der Waals surface area contributed by atoms with Gasteiger partial charge >= 0.3 is 11.7 Å². The van der Waals surface area contributed by atoms with Crippen molar-refractivity contribution in [1.29, 1.82) is 0 Å². The Kier molecular flexibility index (Phi) is 5.75. The van der Waals surface area contributed by atoms with Crippen LogP contribution >= 0.6 is 11.6 Å². The fraction of sp³-hybridized carbons (Fsp3) is 0.471. The Morgan fingerprint density at radius 3 is 2.58 bits per heavy atom. The lowest BCUT2D eigenvalue weighted by molar-refractivity contribution is -0.137. The van der Waals surface area contributed by atoms with Crippen molar-refractivity contribution < 1.29 is 14.6 Å². The third kappa shape index (κ3) is 3.98. The lowest BCUT2D eigenvalue weighted by atomic mass is 10.2. The van der Waals surface area contributed by atoms with Crippen molar-refractivity contribution >= 4 is 28.5 Å². The molecule has 1 saturated heterocycles. The van der Waals surface area contributed by atoms with Gasteiger partial charge in [-0.3, -0.25) is 23.6 Å². The molecule has 2 heterocycles. The second kappa shape index (κ2) is 8.03. The Labute approximate surface area is 154 Å². The summed E-state index contributed by atoms with van der Waals surface area (Å²) < 4.78 is 7.50. The van der Waals surface area contributed by atoms with E-state index in [1.54, 1.807) is 0 Å². The minimum absolute atomic E-state index is 0.219. The van der Waals surface area contributed by atoms with E-state index in [1.807, 2.05) is 0 Å². The molecule has 26 heavy (non-hydrogen) atoms. The predicted molar refractivity (Wildman–Crippen MR) is 97.0 cm³/mol. The van der Waals surface area contributed by atoms with Crippen molar-refractivity contribution in [3.8, 4) is 0 Å². The lowest BCUT2D eigenvalue weighted by Gasteiger charge is -2.26. The van der Waals surface area contributed by atoms with Crippen LogP contribution in [0.5, 0.6) is 0 Å². The molecule has 0 amide bonds. The Morgan fingerprint density at radius 2 is 1.88 bits per heavy atom. The van der Waals surface area contributed by atoms with E-state index in [-0.39, 0.29) is 17.4 Å². The zero-order chi connectivity index (χ0) is 18.7. The molecule has 1 fully saturated rings. The Morgan fingerprint density at radius 1 is 1.15 bits per heavy atom. The van der Waals surface area contributed by atoms with Gasteiger partial charge in [-0.05, 0) is 24.6 Å². The summed E-state index contributed by atoms with van der Waals surface area (Å²) in [5.41, 5.74) is -0.790. The first-order valence-corrected chi connectivity index (χ1v) is 8.80. The number of hydrogen-bond donors (Lipinski definition) is 1. The summed E-state index contributed by atoms with van der Waals surface area (Å²) in [4.78, 5) is 38.8. The highest BCUT2D eigenvalue weighted by Gasteiger charge is 2.16. The van der Waals surface area contributed by atoms with Gasteiger partial charge in [-0.15, -0.1) is 0 Å². The van der Waals surface area contributed by atoms with E-state index in [2.05, 4.69) is 4.90 Å². The number of carbonyl (C=O) groups is 1. The number of carboxylic acid groups (broad SMARTS) is 1. The molecule has 1 aromatic heterocycles. The molecule has 0 saturated carbocycles. The van der Waals surface area contributed by atoms with Gasteiger partial charge in [-0.2, -0.15) is 0 Å². The molecule has 1 aliphatic rings. The molecule has 9 heteroatoms. The number of carboxylic acids is 1. The highest BCUT2D eigenvalue weighted by Crippen LogP contribution is 2.15. The van der Waals surface area contributed by atoms with Gasteiger partial charge in [0.25, 0.3) is 5.56 Å². The summed E-state index contributed by atoms with van der Waals surface area (Å²) in [6.07, 6.45) is 0.605. The van der Waals surface area contributed by atoms with Gasteiger partial charge < -0.3 is 9.84 Å². The summed E-state index contributed by atoms with van der Waals surface area (Å²) in [6.45, 7) is 3.45. The SMILES string of the molecule is O=C(O)Cn1c(=O)n(CCCN2CCOCC2)c(=O)c2cc(Cl)ccc21. The Bertz CT molecular complexity index is 930. The standard InChI is InChI=1S/C17H20ClN3O5/c18-12-2-3-14-13(10-12)16(24)20(17(25)21(14)11-15(22)23)5-1-4-19-6-8-26-9-7-19/h2-3,10H,1,4-9,11H2,(H,22,23). The first kappa shape index (κ1) is 18.6. The zero-order valence-electron chi connectivity index (χ0n) is 14.2. The molecule has 3 rings (SSSR count). The molecule has 1 aromatic carbocycles. The van der Waals surface area contributed by atoms with E-state index in [1.165, 1.54) is 18.2 Å². The van der Waals surface area contributed by atoms with Gasteiger partial charge in [0, 0.05) is 31.2 Å². The quantitative estimate of drug-likeness (QED) is 0.788. The molecule has 0 atom stereocenters. The minimum Gasteiger partial charge on any atom is -0.480 e. The smallest absolute Gasteiger partial charge is 0.332 e. The van der Waals surface area contributed by atoms with Crippen LogP contribution in [-0.4, -0.2) is 58.0 Å². The summed E-state index contributed by atoms with van der Waals surface area (Å²) in [6, 6.07) is 4.50. The van der Waals surface area contributed by atoms with Crippen molar-refractivity contribution in [3.63, 3.8) is 0 Å². The molecule has 0 aliphatic carbocycles. The molecule has 0 unspecified atom stereocenters. The number of ether oxygens (including phenoxy) is 1. The van der Waals surface area contributed by atoms with E-state index in [4.69, 9.17) is 21.4 Å². The summed E-state index contributed by atoms with van der Waals surface area (Å²) >= 11 is 5.98. The fourth-order valence-electron chi connectivity index (χ4n) is 3.16. The van der Waals surface area contributed by atoms with Gasteiger partial charge in [0.15, 0.2) is 0 Å². The number of rotatable bonds is 6. The van der Waals surface area contributed by atoms with Crippen molar-refractivity contribution in [2.75, 3.05) is 32.8 Å². The lowest BCUT2D eigenvalue weighted by Crippen LogP contribution is -2.42. The van der Waals surface area contributed by atoms with Crippen LogP contribution in [0, 0.1) is 0 Å². The minimum atomic E-state index is -1.15. The highest BCUT2D eigenvalue weighted by molar-refractivity contribution is 6.31. The Balaban J connectivity index is 1.94. The average Bonchev–Trinajstić information content (AvgIpc) is 2.62. The number of aromatic nitrogens is 2. The van der Waals surface area contributed by atoms with E-state index in [9.17, 15) is 14.4 Å². The van der Waals surface area contributed by atoms with E-state index >= 15 is 0 Å². The number of morpholine rings is 1. The number of hydrogen-bond acceptors (Lipinski definition) is 5. The van der Waals surface area contributed by atoms with E-state index in [0.717, 1.165) is 28.8 Å². The van der Waals surface area contributed by atoms with Crippen LogP contribution in [0.4, 0.5) is 0 Å². The summed E-state index contributed by atoms with van der Waals surface area (Å²) in [5, 5.41) is 9.72. The fourth-order valence-corrected chi connectivity index (χ4v) is 3.33. The van der Waals surface area contributed by atoms with Crippen molar-refractivity contribution in [1.82, 2.24) is 14.0 Å². The van der Waals surface area contributed by atoms with Gasteiger partial charge in [0.2, 0.25) is 0 Å². The monoisotopic (exact) mass is 381 g/mol. The molecule has 140 valence electrons. The van der Waals surface area contributed by atoms with Gasteiger partial charge in [-0.25, -0.2) is 4.79 Å². The second-order valence-electron chi connectivity index (χ2n) is 6.19. The third-order valence-corrected chi connectivity index (χ3v) is 4.68. The first-order valence-electron chi connectivity index (χ1n) is 8.42. The molecule has 1 N–H and O–H groups in total. The van der Waals surface area contributed by atoms with Crippen LogP contribution in [-0.2, 0) is 22.6 Å². The predicted octanol–water partition coefficient (Wildman–Crippen LogP) is 0.624. The van der Waals surface area contributed by atoms with E-state index < -0.39 is 23.8 Å². The number of nitrogens with zero attached hydrogens (tertiary/aromatic N) is 3. The molecule has 0 spiro atoms. The topological polar surface area (TPSA) is 93.8 Å². The molecular weight excluding hydrogens is 362 g/mol. The normalized spacial score (nSPS) is 15.4. The van der Waals surface area contributed by atoms with Crippen molar-refractivity contribution in [2.24, 2.45) is 0 Å². The molecule has 2 aromatic rings. The number of halogens is 1. The third-order valence-electron chi connectivity index (χ3n) is 4.44.